The van der Waals surface area contributed by atoms with Gasteiger partial charge in [-0.2, -0.15) is 0 Å². The Balaban J connectivity index is 1.51. The summed E-state index contributed by atoms with van der Waals surface area (Å²) in [6.45, 7) is 6.78. The third-order valence-corrected chi connectivity index (χ3v) is 5.33. The Morgan fingerprint density at radius 2 is 2.12 bits per heavy atom. The van der Waals surface area contributed by atoms with E-state index in [2.05, 4.69) is 27.5 Å². The number of carbonyl (C=O) groups is 2. The summed E-state index contributed by atoms with van der Waals surface area (Å²) in [6.07, 6.45) is 5.34. The highest BCUT2D eigenvalue weighted by Crippen LogP contribution is 2.21. The lowest BCUT2D eigenvalue weighted by Gasteiger charge is -2.33. The van der Waals surface area contributed by atoms with Crippen LogP contribution in [0.25, 0.3) is 0 Å². The third-order valence-electron chi connectivity index (χ3n) is 5.33. The molecule has 1 aromatic heterocycles. The molecule has 2 aliphatic rings. The van der Waals surface area contributed by atoms with Crippen LogP contribution in [0.3, 0.4) is 0 Å². The number of nitrogens with zero attached hydrogens (tertiary/aromatic N) is 3. The quantitative estimate of drug-likeness (QED) is 0.774. The largest absolute Gasteiger partial charge is 0.356 e. The van der Waals surface area contributed by atoms with Crippen molar-refractivity contribution in [1.29, 1.82) is 0 Å². The van der Waals surface area contributed by atoms with E-state index in [1.54, 1.807) is 0 Å². The fourth-order valence-corrected chi connectivity index (χ4v) is 3.88. The zero-order valence-electron chi connectivity index (χ0n) is 15.8. The van der Waals surface area contributed by atoms with E-state index in [1.807, 2.05) is 11.8 Å². The number of aryl methyl sites for hydroxylation is 2. The highest BCUT2D eigenvalue weighted by Gasteiger charge is 2.30. The Bertz CT molecular complexity index is 676. The topological polar surface area (TPSA) is 87.2 Å². The van der Waals surface area contributed by atoms with Crippen LogP contribution in [-0.2, 0) is 28.9 Å². The van der Waals surface area contributed by atoms with Crippen LogP contribution in [0.5, 0.6) is 0 Å². The second-order valence-corrected chi connectivity index (χ2v) is 7.10. The second-order valence-electron chi connectivity index (χ2n) is 7.10. The van der Waals surface area contributed by atoms with Gasteiger partial charge in [0.25, 0.3) is 0 Å². The van der Waals surface area contributed by atoms with Gasteiger partial charge in [0.15, 0.2) is 0 Å². The van der Waals surface area contributed by atoms with Gasteiger partial charge in [-0.05, 0) is 44.7 Å². The molecule has 2 N–H and O–H groups in total. The standard InChI is InChI=1S/C19H29N5O2/c1-3-24-11-10-21-19(26)16(24)12-18(25)20-9-8-17-22-13(2)14-6-4-5-7-15(14)23-17/h16H,3-12H2,1-2H3,(H,20,25)(H,21,26)/t16-/m1/s1. The molecule has 7 heteroatoms. The Labute approximate surface area is 155 Å². The van der Waals surface area contributed by atoms with E-state index in [-0.39, 0.29) is 24.3 Å². The lowest BCUT2D eigenvalue weighted by Crippen LogP contribution is -2.56. The number of amides is 2. The van der Waals surface area contributed by atoms with Crippen molar-refractivity contribution >= 4 is 11.8 Å². The van der Waals surface area contributed by atoms with Crippen molar-refractivity contribution in [2.45, 2.75) is 58.4 Å². The van der Waals surface area contributed by atoms with Gasteiger partial charge in [0.2, 0.25) is 11.8 Å². The molecular weight excluding hydrogens is 330 g/mol. The number of aromatic nitrogens is 2. The average molecular weight is 359 g/mol. The fourth-order valence-electron chi connectivity index (χ4n) is 3.88. The summed E-state index contributed by atoms with van der Waals surface area (Å²) in [5, 5.41) is 5.76. The van der Waals surface area contributed by atoms with Crippen molar-refractivity contribution in [1.82, 2.24) is 25.5 Å². The van der Waals surface area contributed by atoms with Gasteiger partial charge in [-0.3, -0.25) is 14.5 Å². The first-order valence-corrected chi connectivity index (χ1v) is 9.72. The minimum absolute atomic E-state index is 0.0538. The molecule has 0 bridgehead atoms. The van der Waals surface area contributed by atoms with Crippen LogP contribution in [0.4, 0.5) is 0 Å². The summed E-state index contributed by atoms with van der Waals surface area (Å²) in [5.41, 5.74) is 3.57. The lowest BCUT2D eigenvalue weighted by molar-refractivity contribution is -0.133. The van der Waals surface area contributed by atoms with Gasteiger partial charge in [-0.1, -0.05) is 6.92 Å². The number of likely N-dealkylation sites (N-methyl/N-ethyl adjacent to an activating group) is 1. The Morgan fingerprint density at radius 1 is 1.31 bits per heavy atom. The maximum atomic E-state index is 12.2. The third kappa shape index (κ3) is 4.38. The van der Waals surface area contributed by atoms with Gasteiger partial charge in [0.05, 0.1) is 12.5 Å². The fraction of sp³-hybridized carbons (Fsp3) is 0.684. The van der Waals surface area contributed by atoms with E-state index in [0.717, 1.165) is 37.4 Å². The maximum absolute atomic E-state index is 12.2. The molecule has 0 aromatic carbocycles. The molecule has 2 amide bonds. The Hall–Kier alpha value is -2.02. The normalized spacial score (nSPS) is 20.4. The molecule has 1 aliphatic carbocycles. The molecule has 0 unspecified atom stereocenters. The van der Waals surface area contributed by atoms with Crippen LogP contribution < -0.4 is 10.6 Å². The van der Waals surface area contributed by atoms with Crippen LogP contribution >= 0.6 is 0 Å². The van der Waals surface area contributed by atoms with E-state index >= 15 is 0 Å². The summed E-state index contributed by atoms with van der Waals surface area (Å²) in [5.74, 6) is 0.649. The first kappa shape index (κ1) is 18.8. The van der Waals surface area contributed by atoms with Crippen LogP contribution in [0, 0.1) is 6.92 Å². The van der Waals surface area contributed by atoms with Gasteiger partial charge < -0.3 is 10.6 Å². The Kier molecular flexibility index (Phi) is 6.19. The van der Waals surface area contributed by atoms with Crippen molar-refractivity contribution in [3.05, 3.63) is 22.8 Å². The molecule has 7 nitrogen and oxygen atoms in total. The molecular formula is C19H29N5O2. The van der Waals surface area contributed by atoms with Crippen molar-refractivity contribution < 1.29 is 9.59 Å². The maximum Gasteiger partial charge on any atom is 0.237 e. The smallest absolute Gasteiger partial charge is 0.237 e. The summed E-state index contributed by atoms with van der Waals surface area (Å²) in [7, 11) is 0. The van der Waals surface area contributed by atoms with Gasteiger partial charge >= 0.3 is 0 Å². The summed E-state index contributed by atoms with van der Waals surface area (Å²) < 4.78 is 0. The molecule has 2 heterocycles. The first-order valence-electron chi connectivity index (χ1n) is 9.72. The highest BCUT2D eigenvalue weighted by atomic mass is 16.2. The van der Waals surface area contributed by atoms with Gasteiger partial charge in [-0.15, -0.1) is 0 Å². The lowest BCUT2D eigenvalue weighted by atomic mass is 9.95. The zero-order chi connectivity index (χ0) is 18.5. The van der Waals surface area contributed by atoms with Crippen LogP contribution in [0.2, 0.25) is 0 Å². The number of rotatable bonds is 6. The van der Waals surface area contributed by atoms with E-state index in [0.29, 0.717) is 19.5 Å². The highest BCUT2D eigenvalue weighted by molar-refractivity contribution is 5.88. The molecule has 0 saturated carbocycles. The van der Waals surface area contributed by atoms with Gasteiger partial charge in [0, 0.05) is 37.4 Å². The summed E-state index contributed by atoms with van der Waals surface area (Å²) >= 11 is 0. The van der Waals surface area contributed by atoms with Crippen molar-refractivity contribution in [3.8, 4) is 0 Å². The SMILES string of the molecule is CCN1CCNC(=O)[C@H]1CC(=O)NCCc1nc(C)c2c(n1)CCCC2. The molecule has 142 valence electrons. The zero-order valence-corrected chi connectivity index (χ0v) is 15.8. The van der Waals surface area contributed by atoms with E-state index in [9.17, 15) is 9.59 Å². The average Bonchev–Trinajstić information content (AvgIpc) is 2.63. The Morgan fingerprint density at radius 3 is 2.92 bits per heavy atom. The molecule has 0 radical (unpaired) electrons. The van der Waals surface area contributed by atoms with Crippen molar-refractivity contribution in [2.75, 3.05) is 26.2 Å². The van der Waals surface area contributed by atoms with Crippen molar-refractivity contribution in [2.24, 2.45) is 0 Å². The number of fused-ring (bicyclic) bond motifs is 1. The minimum atomic E-state index is -0.365. The second kappa shape index (κ2) is 8.58. The predicted molar refractivity (Wildman–Crippen MR) is 98.8 cm³/mol. The minimum Gasteiger partial charge on any atom is -0.356 e. The van der Waals surface area contributed by atoms with Crippen LogP contribution in [0.15, 0.2) is 0 Å². The first-order chi connectivity index (χ1) is 12.6. The number of hydrogen-bond donors (Lipinski definition) is 2. The molecule has 1 atom stereocenters. The van der Waals surface area contributed by atoms with Gasteiger partial charge in [-0.25, -0.2) is 9.97 Å². The number of piperazine rings is 1. The van der Waals surface area contributed by atoms with E-state index in [4.69, 9.17) is 0 Å². The van der Waals surface area contributed by atoms with Crippen LogP contribution in [0.1, 0.15) is 49.0 Å². The molecule has 1 saturated heterocycles. The number of carbonyl (C=O) groups excluding carboxylic acids is 2. The predicted octanol–water partition coefficient (Wildman–Crippen LogP) is 0.533. The number of nitrogens with one attached hydrogen (secondary N) is 2. The van der Waals surface area contributed by atoms with Crippen molar-refractivity contribution in [3.63, 3.8) is 0 Å². The summed E-state index contributed by atoms with van der Waals surface area (Å²) in [4.78, 5) is 35.6. The van der Waals surface area contributed by atoms with E-state index in [1.165, 1.54) is 24.1 Å². The molecule has 0 spiro atoms. The molecule has 26 heavy (non-hydrogen) atoms. The molecule has 3 rings (SSSR count). The van der Waals surface area contributed by atoms with Gasteiger partial charge in [0.1, 0.15) is 5.82 Å². The monoisotopic (exact) mass is 359 g/mol. The molecule has 1 aromatic rings. The molecule has 1 fully saturated rings. The van der Waals surface area contributed by atoms with Crippen LogP contribution in [-0.4, -0.2) is 58.9 Å². The number of hydrogen-bond acceptors (Lipinski definition) is 5. The van der Waals surface area contributed by atoms with E-state index < -0.39 is 0 Å². The molecule has 1 aliphatic heterocycles. The summed E-state index contributed by atoms with van der Waals surface area (Å²) in [6, 6.07) is -0.365.